The van der Waals surface area contributed by atoms with Crippen molar-refractivity contribution in [3.8, 4) is 11.4 Å². The number of amides is 1. The Bertz CT molecular complexity index is 1150. The maximum absolute atomic E-state index is 12.7. The molecule has 1 amide bonds. The molecule has 1 fully saturated rings. The standard InChI is InChI=1S/C20H21N5O3S/c1-2-25-13-21-23-19(25)14-5-3-7-17(11-14)22-20(26)15-6-4-8-18(12-15)29(27,28)24-16-9-10-16/h3-8,11-13,16,24H,2,9-10H2,1H3,(H,22,26). The smallest absolute Gasteiger partial charge is 0.255 e. The van der Waals surface area contributed by atoms with Gasteiger partial charge in [0, 0.05) is 29.4 Å². The molecule has 29 heavy (non-hydrogen) atoms. The first-order valence-corrected chi connectivity index (χ1v) is 10.9. The van der Waals surface area contributed by atoms with Crippen molar-refractivity contribution in [3.63, 3.8) is 0 Å². The molecule has 0 atom stereocenters. The molecule has 0 radical (unpaired) electrons. The summed E-state index contributed by atoms with van der Waals surface area (Å²) in [7, 11) is -3.62. The SMILES string of the molecule is CCn1cnnc1-c1cccc(NC(=O)c2cccc(S(=O)(=O)NC3CC3)c2)c1. The minimum absolute atomic E-state index is 0.00499. The van der Waals surface area contributed by atoms with E-state index < -0.39 is 10.0 Å². The van der Waals surface area contributed by atoms with Gasteiger partial charge < -0.3 is 9.88 Å². The van der Waals surface area contributed by atoms with Crippen LogP contribution in [0.5, 0.6) is 0 Å². The van der Waals surface area contributed by atoms with Gasteiger partial charge >= 0.3 is 0 Å². The van der Waals surface area contributed by atoms with Crippen LogP contribution >= 0.6 is 0 Å². The zero-order valence-corrected chi connectivity index (χ0v) is 16.7. The van der Waals surface area contributed by atoms with Crippen molar-refractivity contribution in [1.82, 2.24) is 19.5 Å². The fourth-order valence-corrected chi connectivity index (χ4v) is 4.29. The number of hydrogen-bond acceptors (Lipinski definition) is 5. The van der Waals surface area contributed by atoms with Gasteiger partial charge in [0.15, 0.2) is 5.82 Å². The summed E-state index contributed by atoms with van der Waals surface area (Å²) < 4.78 is 29.3. The molecule has 0 spiro atoms. The molecule has 2 N–H and O–H groups in total. The highest BCUT2D eigenvalue weighted by Crippen LogP contribution is 2.23. The Kier molecular flexibility index (Phi) is 5.16. The van der Waals surface area contributed by atoms with Gasteiger partial charge in [0.05, 0.1) is 4.90 Å². The number of nitrogens with one attached hydrogen (secondary N) is 2. The summed E-state index contributed by atoms with van der Waals surface area (Å²) in [5.41, 5.74) is 1.68. The lowest BCUT2D eigenvalue weighted by Crippen LogP contribution is -2.26. The molecule has 9 heteroatoms. The van der Waals surface area contributed by atoms with E-state index in [0.29, 0.717) is 11.5 Å². The second-order valence-corrected chi connectivity index (χ2v) is 8.61. The fourth-order valence-electron chi connectivity index (χ4n) is 2.94. The number of rotatable bonds is 7. The molecule has 0 bridgehead atoms. The Morgan fingerprint density at radius 3 is 2.72 bits per heavy atom. The summed E-state index contributed by atoms with van der Waals surface area (Å²) in [6.07, 6.45) is 3.35. The van der Waals surface area contributed by atoms with Crippen molar-refractivity contribution in [1.29, 1.82) is 0 Å². The number of anilines is 1. The average molecular weight is 411 g/mol. The lowest BCUT2D eigenvalue weighted by molar-refractivity contribution is 0.102. The van der Waals surface area contributed by atoms with E-state index in [-0.39, 0.29) is 22.4 Å². The topological polar surface area (TPSA) is 106 Å². The van der Waals surface area contributed by atoms with E-state index in [1.54, 1.807) is 24.5 Å². The molecule has 4 rings (SSSR count). The molecule has 0 saturated heterocycles. The number of hydrogen-bond donors (Lipinski definition) is 2. The summed E-state index contributed by atoms with van der Waals surface area (Å²) in [5, 5.41) is 10.9. The quantitative estimate of drug-likeness (QED) is 0.622. The van der Waals surface area contributed by atoms with Crippen molar-refractivity contribution in [2.24, 2.45) is 0 Å². The number of sulfonamides is 1. The minimum Gasteiger partial charge on any atom is -0.322 e. The zero-order valence-electron chi connectivity index (χ0n) is 15.9. The minimum atomic E-state index is -3.62. The fraction of sp³-hybridized carbons (Fsp3) is 0.250. The van der Waals surface area contributed by atoms with Crippen LogP contribution in [0, 0.1) is 0 Å². The van der Waals surface area contributed by atoms with Gasteiger partial charge in [-0.1, -0.05) is 18.2 Å². The summed E-state index contributed by atoms with van der Waals surface area (Å²) in [5.74, 6) is 0.324. The Labute approximate surface area is 169 Å². The molecule has 8 nitrogen and oxygen atoms in total. The van der Waals surface area contributed by atoms with Crippen LogP contribution < -0.4 is 10.0 Å². The van der Waals surface area contributed by atoms with Crippen LogP contribution in [0.1, 0.15) is 30.1 Å². The highest BCUT2D eigenvalue weighted by molar-refractivity contribution is 7.89. The third-order valence-corrected chi connectivity index (χ3v) is 6.16. The first kappa shape index (κ1) is 19.3. The predicted octanol–water partition coefficient (Wildman–Crippen LogP) is 2.66. The first-order valence-electron chi connectivity index (χ1n) is 9.38. The third kappa shape index (κ3) is 4.36. The average Bonchev–Trinajstić information content (AvgIpc) is 3.39. The van der Waals surface area contributed by atoms with E-state index in [1.165, 1.54) is 12.1 Å². The maximum Gasteiger partial charge on any atom is 0.255 e. The van der Waals surface area contributed by atoms with Crippen molar-refractivity contribution in [2.75, 3.05) is 5.32 Å². The van der Waals surface area contributed by atoms with Crippen LogP contribution in [0.25, 0.3) is 11.4 Å². The van der Waals surface area contributed by atoms with Gasteiger partial charge in [0.1, 0.15) is 6.33 Å². The Morgan fingerprint density at radius 1 is 1.17 bits per heavy atom. The number of nitrogens with zero attached hydrogens (tertiary/aromatic N) is 3. The van der Waals surface area contributed by atoms with E-state index in [2.05, 4.69) is 20.2 Å². The van der Waals surface area contributed by atoms with Crippen LogP contribution in [0.3, 0.4) is 0 Å². The van der Waals surface area contributed by atoms with Gasteiger partial charge in [-0.2, -0.15) is 0 Å². The molecule has 3 aromatic rings. The summed E-state index contributed by atoms with van der Waals surface area (Å²) in [6, 6.07) is 13.3. The molecule has 150 valence electrons. The van der Waals surface area contributed by atoms with Crippen molar-refractivity contribution in [3.05, 3.63) is 60.4 Å². The van der Waals surface area contributed by atoms with Crippen LogP contribution in [0.4, 0.5) is 5.69 Å². The maximum atomic E-state index is 12.7. The van der Waals surface area contributed by atoms with Gasteiger partial charge in [-0.3, -0.25) is 4.79 Å². The molecule has 1 aliphatic rings. The van der Waals surface area contributed by atoms with Gasteiger partial charge in [0.25, 0.3) is 5.91 Å². The molecular formula is C20H21N5O3S. The van der Waals surface area contributed by atoms with Crippen molar-refractivity contribution < 1.29 is 13.2 Å². The number of aromatic nitrogens is 3. The second-order valence-electron chi connectivity index (χ2n) is 6.90. The molecule has 1 aliphatic carbocycles. The van der Waals surface area contributed by atoms with Gasteiger partial charge in [-0.05, 0) is 50.1 Å². The third-order valence-electron chi connectivity index (χ3n) is 4.64. The van der Waals surface area contributed by atoms with E-state index in [9.17, 15) is 13.2 Å². The zero-order chi connectivity index (χ0) is 20.4. The first-order chi connectivity index (χ1) is 14.0. The molecule has 0 aliphatic heterocycles. The lowest BCUT2D eigenvalue weighted by Gasteiger charge is -2.10. The van der Waals surface area contributed by atoms with E-state index in [1.807, 2.05) is 29.7 Å². The van der Waals surface area contributed by atoms with Crippen LogP contribution in [0.2, 0.25) is 0 Å². The Balaban J connectivity index is 1.54. The highest BCUT2D eigenvalue weighted by Gasteiger charge is 2.28. The molecule has 2 aromatic carbocycles. The molecule has 1 aromatic heterocycles. The Morgan fingerprint density at radius 2 is 1.97 bits per heavy atom. The van der Waals surface area contributed by atoms with Gasteiger partial charge in [-0.25, -0.2) is 13.1 Å². The number of aryl methyl sites for hydroxylation is 1. The van der Waals surface area contributed by atoms with Gasteiger partial charge in [0.2, 0.25) is 10.0 Å². The predicted molar refractivity (Wildman–Crippen MR) is 109 cm³/mol. The number of carbonyl (C=O) groups excluding carboxylic acids is 1. The van der Waals surface area contributed by atoms with E-state index in [0.717, 1.165) is 24.9 Å². The second kappa shape index (κ2) is 7.76. The normalized spacial score (nSPS) is 14.0. The lowest BCUT2D eigenvalue weighted by atomic mass is 10.1. The van der Waals surface area contributed by atoms with Crippen molar-refractivity contribution in [2.45, 2.75) is 37.2 Å². The number of carbonyl (C=O) groups is 1. The highest BCUT2D eigenvalue weighted by atomic mass is 32.2. The summed E-state index contributed by atoms with van der Waals surface area (Å²) >= 11 is 0. The molecule has 1 heterocycles. The Hall–Kier alpha value is -3.04. The molecular weight excluding hydrogens is 390 g/mol. The monoisotopic (exact) mass is 411 g/mol. The van der Waals surface area contributed by atoms with Crippen LogP contribution in [-0.2, 0) is 16.6 Å². The number of benzene rings is 2. The summed E-state index contributed by atoms with van der Waals surface area (Å²) in [4.78, 5) is 12.8. The largest absolute Gasteiger partial charge is 0.322 e. The molecule has 0 unspecified atom stereocenters. The van der Waals surface area contributed by atoms with Crippen LogP contribution in [0.15, 0.2) is 59.8 Å². The molecule has 1 saturated carbocycles. The van der Waals surface area contributed by atoms with Crippen LogP contribution in [-0.4, -0.2) is 35.1 Å². The van der Waals surface area contributed by atoms with Crippen molar-refractivity contribution >= 4 is 21.6 Å². The van der Waals surface area contributed by atoms with Gasteiger partial charge in [-0.15, -0.1) is 10.2 Å². The van der Waals surface area contributed by atoms with E-state index >= 15 is 0 Å². The summed E-state index contributed by atoms with van der Waals surface area (Å²) in [6.45, 7) is 2.73. The van der Waals surface area contributed by atoms with E-state index in [4.69, 9.17) is 0 Å².